The second kappa shape index (κ2) is 10.1. The van der Waals surface area contributed by atoms with Crippen LogP contribution in [0.4, 0.5) is 5.69 Å². The molecule has 1 amide bonds. The highest BCUT2D eigenvalue weighted by molar-refractivity contribution is 5.96. The quantitative estimate of drug-likeness (QED) is 0.556. The molecule has 0 radical (unpaired) electrons. The number of aryl methyl sites for hydroxylation is 1. The fraction of sp³-hybridized carbons (Fsp3) is 0.440. The number of carbonyl (C=O) groups is 2. The second-order valence-corrected chi connectivity index (χ2v) is 8.54. The van der Waals surface area contributed by atoms with E-state index in [1.54, 1.807) is 12.1 Å². The lowest BCUT2D eigenvalue weighted by Gasteiger charge is -2.27. The summed E-state index contributed by atoms with van der Waals surface area (Å²) in [6.45, 7) is 1.98. The number of hydrogen-bond donors (Lipinski definition) is 3. The largest absolute Gasteiger partial charge is 0.490 e. The van der Waals surface area contributed by atoms with Crippen LogP contribution in [-0.4, -0.2) is 48.7 Å². The minimum absolute atomic E-state index is 0.0570. The average molecular weight is 439 g/mol. The Bertz CT molecular complexity index is 990. The number of nitrogens with one attached hydrogen (secondary N) is 2. The van der Waals surface area contributed by atoms with E-state index in [4.69, 9.17) is 9.47 Å². The fourth-order valence-corrected chi connectivity index (χ4v) is 4.29. The maximum absolute atomic E-state index is 11.9. The number of ketones is 1. The average Bonchev–Trinajstić information content (AvgIpc) is 2.80. The first kappa shape index (κ1) is 22.3. The highest BCUT2D eigenvalue weighted by Gasteiger charge is 2.24. The highest BCUT2D eigenvalue weighted by Crippen LogP contribution is 2.39. The molecular weight excluding hydrogens is 408 g/mol. The molecule has 4 rings (SSSR count). The van der Waals surface area contributed by atoms with Crippen molar-refractivity contribution in [1.29, 1.82) is 0 Å². The summed E-state index contributed by atoms with van der Waals surface area (Å²) in [5, 5.41) is 16.8. The molecule has 0 saturated heterocycles. The zero-order chi connectivity index (χ0) is 22.5. The number of anilines is 1. The summed E-state index contributed by atoms with van der Waals surface area (Å²) in [5.74, 6) is 0.870. The summed E-state index contributed by atoms with van der Waals surface area (Å²) in [5.41, 5.74) is 4.17. The smallest absolute Gasteiger partial charge is 0.224 e. The predicted molar refractivity (Wildman–Crippen MR) is 121 cm³/mol. The fourth-order valence-electron chi connectivity index (χ4n) is 4.29. The van der Waals surface area contributed by atoms with Crippen molar-refractivity contribution in [2.75, 3.05) is 25.1 Å². The Morgan fingerprint density at radius 2 is 1.91 bits per heavy atom. The molecule has 1 aliphatic carbocycles. The zero-order valence-electron chi connectivity index (χ0n) is 18.4. The standard InChI is InChI=1S/C25H30N2O5/c1-16(28)14-31-23-10-9-22(21-8-11-24(30)27-25(21)23)32-15-20(29)13-26-19-7-6-17-4-2-3-5-18(17)12-19/h2-5,9-10,19-20,26,29H,6-8,11-15H2,1H3,(H,27,30). The maximum atomic E-state index is 11.9. The molecule has 2 aromatic carbocycles. The van der Waals surface area contributed by atoms with Gasteiger partial charge in [0.05, 0.1) is 5.69 Å². The topological polar surface area (TPSA) is 96.9 Å². The molecule has 7 heteroatoms. The molecule has 0 fully saturated rings. The minimum atomic E-state index is -0.658. The second-order valence-electron chi connectivity index (χ2n) is 8.54. The normalized spacial score (nSPS) is 18.2. The van der Waals surface area contributed by atoms with Gasteiger partial charge in [-0.3, -0.25) is 9.59 Å². The number of aliphatic hydroxyl groups is 1. The molecular formula is C25H30N2O5. The van der Waals surface area contributed by atoms with Gasteiger partial charge in [-0.25, -0.2) is 0 Å². The van der Waals surface area contributed by atoms with Crippen LogP contribution < -0.4 is 20.1 Å². The molecule has 2 atom stereocenters. The Morgan fingerprint density at radius 3 is 2.72 bits per heavy atom. The first-order valence-electron chi connectivity index (χ1n) is 11.2. The lowest BCUT2D eigenvalue weighted by molar-refractivity contribution is -0.119. The Balaban J connectivity index is 1.32. The monoisotopic (exact) mass is 438 g/mol. The van der Waals surface area contributed by atoms with Gasteiger partial charge in [0.25, 0.3) is 0 Å². The van der Waals surface area contributed by atoms with Gasteiger partial charge < -0.3 is 25.2 Å². The Kier molecular flexibility index (Phi) is 7.07. The summed E-state index contributed by atoms with van der Waals surface area (Å²) < 4.78 is 11.5. The van der Waals surface area contributed by atoms with Crippen LogP contribution in [0.2, 0.25) is 0 Å². The molecule has 0 bridgehead atoms. The van der Waals surface area contributed by atoms with Crippen molar-refractivity contribution in [2.24, 2.45) is 0 Å². The van der Waals surface area contributed by atoms with E-state index in [-0.39, 0.29) is 24.9 Å². The van der Waals surface area contributed by atoms with Crippen molar-refractivity contribution < 1.29 is 24.2 Å². The molecule has 170 valence electrons. The van der Waals surface area contributed by atoms with E-state index in [0.29, 0.717) is 42.6 Å². The van der Waals surface area contributed by atoms with Gasteiger partial charge in [-0.2, -0.15) is 0 Å². The van der Waals surface area contributed by atoms with E-state index in [9.17, 15) is 14.7 Å². The van der Waals surface area contributed by atoms with Crippen LogP contribution in [0, 0.1) is 0 Å². The number of carbonyl (C=O) groups excluding carboxylic acids is 2. The van der Waals surface area contributed by atoms with E-state index >= 15 is 0 Å². The van der Waals surface area contributed by atoms with E-state index in [0.717, 1.165) is 24.8 Å². The molecule has 32 heavy (non-hydrogen) atoms. The molecule has 3 N–H and O–H groups in total. The van der Waals surface area contributed by atoms with Crippen molar-refractivity contribution in [2.45, 2.75) is 51.2 Å². The third-order valence-electron chi connectivity index (χ3n) is 5.95. The van der Waals surface area contributed by atoms with Crippen LogP contribution in [0.25, 0.3) is 0 Å². The predicted octanol–water partition coefficient (Wildman–Crippen LogP) is 2.43. The molecule has 2 aliphatic rings. The van der Waals surface area contributed by atoms with Gasteiger partial charge >= 0.3 is 0 Å². The van der Waals surface area contributed by atoms with Gasteiger partial charge in [-0.05, 0) is 55.9 Å². The number of benzene rings is 2. The molecule has 0 aromatic heterocycles. The molecule has 0 saturated carbocycles. The number of amides is 1. The lowest BCUT2D eigenvalue weighted by atomic mass is 9.88. The van der Waals surface area contributed by atoms with Crippen LogP contribution >= 0.6 is 0 Å². The molecule has 0 spiro atoms. The van der Waals surface area contributed by atoms with Crippen molar-refractivity contribution in [1.82, 2.24) is 5.32 Å². The Morgan fingerprint density at radius 1 is 1.12 bits per heavy atom. The van der Waals surface area contributed by atoms with Crippen LogP contribution in [0.1, 0.15) is 36.5 Å². The third-order valence-corrected chi connectivity index (χ3v) is 5.95. The summed E-state index contributed by atoms with van der Waals surface area (Å²) in [6.07, 6.45) is 3.29. The van der Waals surface area contributed by atoms with Gasteiger partial charge in [0.15, 0.2) is 5.78 Å². The summed E-state index contributed by atoms with van der Waals surface area (Å²) in [4.78, 5) is 23.1. The van der Waals surface area contributed by atoms with E-state index in [2.05, 4.69) is 34.9 Å². The van der Waals surface area contributed by atoms with Crippen molar-refractivity contribution in [3.8, 4) is 11.5 Å². The number of ether oxygens (including phenoxy) is 2. The van der Waals surface area contributed by atoms with E-state index in [1.165, 1.54) is 18.1 Å². The van der Waals surface area contributed by atoms with Gasteiger partial charge in [-0.1, -0.05) is 24.3 Å². The molecule has 1 heterocycles. The van der Waals surface area contributed by atoms with Crippen LogP contribution in [-0.2, 0) is 28.9 Å². The van der Waals surface area contributed by atoms with Crippen molar-refractivity contribution >= 4 is 17.4 Å². The molecule has 1 aliphatic heterocycles. The maximum Gasteiger partial charge on any atom is 0.224 e. The molecule has 7 nitrogen and oxygen atoms in total. The van der Waals surface area contributed by atoms with E-state index < -0.39 is 6.10 Å². The Labute approximate surface area is 188 Å². The SMILES string of the molecule is CC(=O)COc1ccc(OCC(O)CNC2CCc3ccccc3C2)c2c1NC(=O)CC2. The first-order chi connectivity index (χ1) is 15.5. The van der Waals surface area contributed by atoms with Crippen LogP contribution in [0.5, 0.6) is 11.5 Å². The van der Waals surface area contributed by atoms with Crippen molar-refractivity contribution in [3.63, 3.8) is 0 Å². The van der Waals surface area contributed by atoms with Crippen molar-refractivity contribution in [3.05, 3.63) is 53.1 Å². The highest BCUT2D eigenvalue weighted by atomic mass is 16.5. The number of fused-ring (bicyclic) bond motifs is 2. The van der Waals surface area contributed by atoms with Gasteiger partial charge in [-0.15, -0.1) is 0 Å². The molecule has 2 aromatic rings. The number of Topliss-reactive ketones (excluding diaryl/α,β-unsaturated/α-hetero) is 1. The van der Waals surface area contributed by atoms with Crippen LogP contribution in [0.15, 0.2) is 36.4 Å². The van der Waals surface area contributed by atoms with E-state index in [1.807, 2.05) is 0 Å². The van der Waals surface area contributed by atoms with Crippen LogP contribution in [0.3, 0.4) is 0 Å². The number of aliphatic hydroxyl groups excluding tert-OH is 1. The van der Waals surface area contributed by atoms with Gasteiger partial charge in [0, 0.05) is 24.6 Å². The summed E-state index contributed by atoms with van der Waals surface area (Å²) in [7, 11) is 0. The minimum Gasteiger partial charge on any atom is -0.490 e. The summed E-state index contributed by atoms with van der Waals surface area (Å²) >= 11 is 0. The first-order valence-corrected chi connectivity index (χ1v) is 11.2. The zero-order valence-corrected chi connectivity index (χ0v) is 18.4. The number of hydrogen-bond acceptors (Lipinski definition) is 6. The lowest BCUT2D eigenvalue weighted by Crippen LogP contribution is -2.40. The summed E-state index contributed by atoms with van der Waals surface area (Å²) in [6, 6.07) is 12.3. The molecule has 2 unspecified atom stereocenters. The number of rotatable bonds is 9. The van der Waals surface area contributed by atoms with Gasteiger partial charge in [0.2, 0.25) is 5.91 Å². The Hall–Kier alpha value is -2.90. The van der Waals surface area contributed by atoms with Gasteiger partial charge in [0.1, 0.15) is 30.8 Å². The third kappa shape index (κ3) is 5.47.